The number of rotatable bonds is 1. The summed E-state index contributed by atoms with van der Waals surface area (Å²) in [5.74, 6) is 2.01. The van der Waals surface area contributed by atoms with E-state index in [4.69, 9.17) is 0 Å². The van der Waals surface area contributed by atoms with Gasteiger partial charge in [-0.3, -0.25) is 0 Å². The van der Waals surface area contributed by atoms with Crippen LogP contribution in [-0.2, 0) is 4.79 Å². The predicted octanol–water partition coefficient (Wildman–Crippen LogP) is 2.26. The largest absolute Gasteiger partial charge is 0.303 e. The third-order valence-corrected chi connectivity index (χ3v) is 4.09. The van der Waals surface area contributed by atoms with Crippen molar-refractivity contribution in [2.45, 2.75) is 33.1 Å². The molecule has 1 nitrogen and oxygen atoms in total. The summed E-state index contributed by atoms with van der Waals surface area (Å²) in [5, 5.41) is 0. The van der Waals surface area contributed by atoms with Gasteiger partial charge in [-0.05, 0) is 36.5 Å². The van der Waals surface area contributed by atoms with Gasteiger partial charge in [0.1, 0.15) is 6.29 Å². The first-order valence-corrected chi connectivity index (χ1v) is 4.61. The van der Waals surface area contributed by atoms with Crippen molar-refractivity contribution in [3.8, 4) is 0 Å². The van der Waals surface area contributed by atoms with Crippen LogP contribution in [0.5, 0.6) is 0 Å². The predicted molar refractivity (Wildman–Crippen MR) is 44.2 cm³/mol. The van der Waals surface area contributed by atoms with Crippen LogP contribution in [0.25, 0.3) is 0 Å². The van der Waals surface area contributed by atoms with E-state index in [0.717, 1.165) is 12.3 Å². The Kier molecular flexibility index (Phi) is 1.39. The SMILES string of the molecule is CC1(C)C2CCC(C=O)[C@@H]1C2. The van der Waals surface area contributed by atoms with Crippen LogP contribution in [0.3, 0.4) is 0 Å². The van der Waals surface area contributed by atoms with E-state index in [9.17, 15) is 4.79 Å². The molecule has 0 heterocycles. The third-order valence-electron chi connectivity index (χ3n) is 4.09. The van der Waals surface area contributed by atoms with Gasteiger partial charge in [0.15, 0.2) is 0 Å². The van der Waals surface area contributed by atoms with E-state index in [1.807, 2.05) is 0 Å². The smallest absolute Gasteiger partial charge is 0.123 e. The second kappa shape index (κ2) is 2.09. The van der Waals surface area contributed by atoms with Gasteiger partial charge in [0.2, 0.25) is 0 Å². The van der Waals surface area contributed by atoms with Gasteiger partial charge < -0.3 is 4.79 Å². The molecule has 11 heavy (non-hydrogen) atoms. The van der Waals surface area contributed by atoms with E-state index >= 15 is 0 Å². The molecule has 0 amide bonds. The van der Waals surface area contributed by atoms with Crippen molar-refractivity contribution in [2.75, 3.05) is 0 Å². The van der Waals surface area contributed by atoms with Crippen LogP contribution in [0.1, 0.15) is 33.1 Å². The minimum Gasteiger partial charge on any atom is -0.303 e. The Bertz CT molecular complexity index is 181. The Morgan fingerprint density at radius 3 is 2.45 bits per heavy atom. The Labute approximate surface area is 68.2 Å². The fourth-order valence-electron chi connectivity index (χ4n) is 3.03. The highest BCUT2D eigenvalue weighted by atomic mass is 16.1. The van der Waals surface area contributed by atoms with Crippen LogP contribution in [0, 0.1) is 23.2 Å². The van der Waals surface area contributed by atoms with E-state index in [-0.39, 0.29) is 0 Å². The number of aldehydes is 1. The second-order valence-electron chi connectivity index (χ2n) is 4.74. The summed E-state index contributed by atoms with van der Waals surface area (Å²) in [4.78, 5) is 10.7. The van der Waals surface area contributed by atoms with Crippen molar-refractivity contribution >= 4 is 6.29 Å². The van der Waals surface area contributed by atoms with E-state index in [1.54, 1.807) is 0 Å². The molecule has 2 bridgehead atoms. The van der Waals surface area contributed by atoms with Gasteiger partial charge in [-0.25, -0.2) is 0 Å². The molecular formula is C10H16O. The highest BCUT2D eigenvalue weighted by Crippen LogP contribution is 2.60. The van der Waals surface area contributed by atoms with Gasteiger partial charge in [0.25, 0.3) is 0 Å². The monoisotopic (exact) mass is 152 g/mol. The molecule has 3 rings (SSSR count). The molecule has 3 fully saturated rings. The molecule has 3 aliphatic rings. The summed E-state index contributed by atoms with van der Waals surface area (Å²) in [6.07, 6.45) is 4.94. The third kappa shape index (κ3) is 0.800. The first-order valence-electron chi connectivity index (χ1n) is 4.61. The Hall–Kier alpha value is -0.330. The summed E-state index contributed by atoms with van der Waals surface area (Å²) in [7, 11) is 0. The zero-order valence-corrected chi connectivity index (χ0v) is 7.34. The molecule has 3 aliphatic carbocycles. The lowest BCUT2D eigenvalue weighted by Gasteiger charge is -2.59. The summed E-state index contributed by atoms with van der Waals surface area (Å²) in [6.45, 7) is 4.64. The van der Waals surface area contributed by atoms with Crippen LogP contribution in [0.15, 0.2) is 0 Å². The Balaban J connectivity index is 2.16. The molecule has 1 heteroatoms. The highest BCUT2D eigenvalue weighted by Gasteiger charge is 2.53. The molecule has 3 atom stereocenters. The van der Waals surface area contributed by atoms with E-state index < -0.39 is 0 Å². The first-order chi connectivity index (χ1) is 5.16. The lowest BCUT2D eigenvalue weighted by Crippen LogP contribution is -2.52. The molecule has 0 spiro atoms. The Morgan fingerprint density at radius 2 is 2.09 bits per heavy atom. The minimum atomic E-state index is 0.384. The van der Waals surface area contributed by atoms with Crippen LogP contribution < -0.4 is 0 Å². The average molecular weight is 152 g/mol. The fraction of sp³-hybridized carbons (Fsp3) is 0.900. The lowest BCUT2D eigenvalue weighted by atomic mass is 9.46. The molecule has 0 radical (unpaired) electrons. The molecule has 0 N–H and O–H groups in total. The van der Waals surface area contributed by atoms with Gasteiger partial charge in [0.05, 0.1) is 0 Å². The maximum Gasteiger partial charge on any atom is 0.123 e. The minimum absolute atomic E-state index is 0.384. The molecular weight excluding hydrogens is 136 g/mol. The maximum atomic E-state index is 10.7. The summed E-state index contributed by atoms with van der Waals surface area (Å²) >= 11 is 0. The summed E-state index contributed by atoms with van der Waals surface area (Å²) in [6, 6.07) is 0. The Morgan fingerprint density at radius 1 is 1.36 bits per heavy atom. The standard InChI is InChI=1S/C10H16O/c1-10(2)8-4-3-7(6-11)9(10)5-8/h6-9H,3-5H2,1-2H3/t7?,8?,9-/m0/s1. The maximum absolute atomic E-state index is 10.7. The topological polar surface area (TPSA) is 17.1 Å². The van der Waals surface area contributed by atoms with Gasteiger partial charge in [-0.15, -0.1) is 0 Å². The number of fused-ring (bicyclic) bond motifs is 2. The van der Waals surface area contributed by atoms with Crippen molar-refractivity contribution < 1.29 is 4.79 Å². The van der Waals surface area contributed by atoms with Crippen molar-refractivity contribution in [1.82, 2.24) is 0 Å². The van der Waals surface area contributed by atoms with Gasteiger partial charge in [-0.1, -0.05) is 13.8 Å². The number of hydrogen-bond donors (Lipinski definition) is 0. The molecule has 0 aromatic rings. The van der Waals surface area contributed by atoms with Crippen molar-refractivity contribution in [1.29, 1.82) is 0 Å². The van der Waals surface area contributed by atoms with Crippen molar-refractivity contribution in [3.63, 3.8) is 0 Å². The fourth-order valence-corrected chi connectivity index (χ4v) is 3.03. The molecule has 0 saturated heterocycles. The zero-order valence-electron chi connectivity index (χ0n) is 7.34. The molecule has 62 valence electrons. The first kappa shape index (κ1) is 7.33. The van der Waals surface area contributed by atoms with Crippen molar-refractivity contribution in [3.05, 3.63) is 0 Å². The number of hydrogen-bond acceptors (Lipinski definition) is 1. The quantitative estimate of drug-likeness (QED) is 0.527. The van der Waals surface area contributed by atoms with Crippen LogP contribution in [-0.4, -0.2) is 6.29 Å². The second-order valence-corrected chi connectivity index (χ2v) is 4.74. The van der Waals surface area contributed by atoms with Crippen molar-refractivity contribution in [2.24, 2.45) is 23.2 Å². The molecule has 2 unspecified atom stereocenters. The molecule has 0 aromatic heterocycles. The van der Waals surface area contributed by atoms with E-state index in [1.165, 1.54) is 19.1 Å². The highest BCUT2D eigenvalue weighted by molar-refractivity contribution is 5.55. The van der Waals surface area contributed by atoms with Crippen LogP contribution in [0.4, 0.5) is 0 Å². The van der Waals surface area contributed by atoms with Gasteiger partial charge >= 0.3 is 0 Å². The lowest BCUT2D eigenvalue weighted by molar-refractivity contribution is -0.134. The summed E-state index contributed by atoms with van der Waals surface area (Å²) in [5.41, 5.74) is 0.476. The van der Waals surface area contributed by atoms with Crippen LogP contribution >= 0.6 is 0 Å². The van der Waals surface area contributed by atoms with Gasteiger partial charge in [0, 0.05) is 5.92 Å². The molecule has 0 aromatic carbocycles. The van der Waals surface area contributed by atoms with Crippen LogP contribution in [0.2, 0.25) is 0 Å². The summed E-state index contributed by atoms with van der Waals surface area (Å²) < 4.78 is 0. The number of carbonyl (C=O) groups excluding carboxylic acids is 1. The molecule has 3 saturated carbocycles. The normalized spacial score (nSPS) is 46.2. The zero-order chi connectivity index (χ0) is 8.06. The van der Waals surface area contributed by atoms with E-state index in [0.29, 0.717) is 17.3 Å². The molecule has 0 aliphatic heterocycles. The van der Waals surface area contributed by atoms with E-state index in [2.05, 4.69) is 13.8 Å². The average Bonchev–Trinajstić information content (AvgIpc) is 2.04. The number of carbonyl (C=O) groups is 1. The van der Waals surface area contributed by atoms with Gasteiger partial charge in [-0.2, -0.15) is 0 Å².